The number of halogens is 1. The minimum Gasteiger partial charge on any atom is -0.462 e. The summed E-state index contributed by atoms with van der Waals surface area (Å²) in [4.78, 5) is 11.4. The van der Waals surface area contributed by atoms with Gasteiger partial charge in [0.25, 0.3) is 0 Å². The zero-order chi connectivity index (χ0) is 10.1. The summed E-state index contributed by atoms with van der Waals surface area (Å²) >= 11 is 3.36. The molecule has 1 heterocycles. The molecule has 0 bridgehead atoms. The van der Waals surface area contributed by atoms with Crippen molar-refractivity contribution in [3.63, 3.8) is 0 Å². The van der Waals surface area contributed by atoms with Gasteiger partial charge in [0.2, 0.25) is 0 Å². The van der Waals surface area contributed by atoms with E-state index in [0.717, 1.165) is 16.5 Å². The quantitative estimate of drug-likeness (QED) is 0.721. The highest BCUT2D eigenvalue weighted by atomic mass is 79.9. The highest BCUT2D eigenvalue weighted by Gasteiger charge is 2.32. The molecule has 2 nitrogen and oxygen atoms in total. The lowest BCUT2D eigenvalue weighted by Crippen LogP contribution is -2.05. The van der Waals surface area contributed by atoms with Gasteiger partial charge in [-0.3, -0.25) is 4.79 Å². The molecule has 1 aromatic rings. The van der Waals surface area contributed by atoms with E-state index in [-0.39, 0.29) is 18.0 Å². The standard InChI is InChI=1S/C11H11BrO2/c1-7-6-10(11(13)14-7)8-2-4-9(12)5-3-8/h2-5,7,10H,6H2,1H3. The van der Waals surface area contributed by atoms with Gasteiger partial charge in [-0.1, -0.05) is 28.1 Å². The molecule has 1 aliphatic rings. The first-order valence-corrected chi connectivity index (χ1v) is 5.42. The van der Waals surface area contributed by atoms with Gasteiger partial charge in [0.05, 0.1) is 5.92 Å². The van der Waals surface area contributed by atoms with Gasteiger partial charge in [-0.05, 0) is 24.6 Å². The molecule has 0 aliphatic carbocycles. The van der Waals surface area contributed by atoms with E-state index in [1.807, 2.05) is 31.2 Å². The Morgan fingerprint density at radius 3 is 2.50 bits per heavy atom. The van der Waals surface area contributed by atoms with Crippen LogP contribution in [0.5, 0.6) is 0 Å². The molecule has 1 fully saturated rings. The van der Waals surface area contributed by atoms with Gasteiger partial charge < -0.3 is 4.74 Å². The van der Waals surface area contributed by atoms with E-state index in [4.69, 9.17) is 4.74 Å². The third-order valence-corrected chi connectivity index (χ3v) is 2.97. The molecule has 1 saturated heterocycles. The Bertz CT molecular complexity index is 345. The normalized spacial score (nSPS) is 26.3. The highest BCUT2D eigenvalue weighted by Crippen LogP contribution is 2.30. The fourth-order valence-electron chi connectivity index (χ4n) is 1.72. The third kappa shape index (κ3) is 1.82. The van der Waals surface area contributed by atoms with Gasteiger partial charge in [0.1, 0.15) is 6.10 Å². The Kier molecular flexibility index (Phi) is 2.59. The summed E-state index contributed by atoms with van der Waals surface area (Å²) in [6.45, 7) is 1.93. The van der Waals surface area contributed by atoms with Crippen LogP contribution in [0.25, 0.3) is 0 Å². The molecule has 2 atom stereocenters. The summed E-state index contributed by atoms with van der Waals surface area (Å²) in [5.41, 5.74) is 1.04. The maximum atomic E-state index is 11.4. The van der Waals surface area contributed by atoms with Crippen LogP contribution >= 0.6 is 15.9 Å². The first-order chi connectivity index (χ1) is 6.66. The molecule has 14 heavy (non-hydrogen) atoms. The van der Waals surface area contributed by atoms with Gasteiger partial charge in [-0.25, -0.2) is 0 Å². The predicted octanol–water partition coefficient (Wildman–Crippen LogP) is 2.87. The summed E-state index contributed by atoms with van der Waals surface area (Å²) in [7, 11) is 0. The van der Waals surface area contributed by atoms with Crippen LogP contribution in [0.1, 0.15) is 24.8 Å². The number of hydrogen-bond donors (Lipinski definition) is 0. The topological polar surface area (TPSA) is 26.3 Å². The molecule has 2 unspecified atom stereocenters. The van der Waals surface area contributed by atoms with Crippen LogP contribution in [-0.2, 0) is 9.53 Å². The van der Waals surface area contributed by atoms with Crippen molar-refractivity contribution in [2.75, 3.05) is 0 Å². The van der Waals surface area contributed by atoms with E-state index >= 15 is 0 Å². The Morgan fingerprint density at radius 2 is 2.00 bits per heavy atom. The van der Waals surface area contributed by atoms with Crippen LogP contribution < -0.4 is 0 Å². The molecular formula is C11H11BrO2. The molecule has 2 rings (SSSR count). The molecule has 0 saturated carbocycles. The van der Waals surface area contributed by atoms with Crippen molar-refractivity contribution in [3.8, 4) is 0 Å². The maximum Gasteiger partial charge on any atom is 0.313 e. The van der Waals surface area contributed by atoms with Gasteiger partial charge in [0, 0.05) is 10.9 Å². The fourth-order valence-corrected chi connectivity index (χ4v) is 1.99. The largest absolute Gasteiger partial charge is 0.462 e. The summed E-state index contributed by atoms with van der Waals surface area (Å²) in [5, 5.41) is 0. The van der Waals surface area contributed by atoms with Gasteiger partial charge in [-0.15, -0.1) is 0 Å². The van der Waals surface area contributed by atoms with Gasteiger partial charge in [-0.2, -0.15) is 0 Å². The van der Waals surface area contributed by atoms with Crippen molar-refractivity contribution in [3.05, 3.63) is 34.3 Å². The molecule has 0 radical (unpaired) electrons. The number of carbonyl (C=O) groups is 1. The fraction of sp³-hybridized carbons (Fsp3) is 0.364. The number of carbonyl (C=O) groups excluding carboxylic acids is 1. The SMILES string of the molecule is CC1CC(c2ccc(Br)cc2)C(=O)O1. The number of hydrogen-bond acceptors (Lipinski definition) is 2. The minimum absolute atomic E-state index is 0.0520. The first-order valence-electron chi connectivity index (χ1n) is 4.63. The number of ether oxygens (including phenoxy) is 1. The Balaban J connectivity index is 2.23. The Hall–Kier alpha value is -0.830. The molecule has 74 valence electrons. The lowest BCUT2D eigenvalue weighted by molar-refractivity contribution is -0.141. The molecule has 0 amide bonds. The van der Waals surface area contributed by atoms with Gasteiger partial charge >= 0.3 is 5.97 Å². The lowest BCUT2D eigenvalue weighted by Gasteiger charge is -2.04. The zero-order valence-corrected chi connectivity index (χ0v) is 9.45. The summed E-state index contributed by atoms with van der Waals surface area (Å²) < 4.78 is 6.14. The van der Waals surface area contributed by atoms with Crippen molar-refractivity contribution in [2.24, 2.45) is 0 Å². The van der Waals surface area contributed by atoms with Crippen molar-refractivity contribution < 1.29 is 9.53 Å². The van der Waals surface area contributed by atoms with E-state index in [0.29, 0.717) is 0 Å². The third-order valence-electron chi connectivity index (χ3n) is 2.44. The lowest BCUT2D eigenvalue weighted by atomic mass is 9.96. The Labute approximate surface area is 91.4 Å². The Morgan fingerprint density at radius 1 is 1.36 bits per heavy atom. The van der Waals surface area contributed by atoms with E-state index in [2.05, 4.69) is 15.9 Å². The number of rotatable bonds is 1. The molecule has 3 heteroatoms. The monoisotopic (exact) mass is 254 g/mol. The second-order valence-electron chi connectivity index (χ2n) is 3.59. The predicted molar refractivity (Wildman–Crippen MR) is 57.1 cm³/mol. The van der Waals surface area contributed by atoms with Gasteiger partial charge in [0.15, 0.2) is 0 Å². The van der Waals surface area contributed by atoms with E-state index < -0.39 is 0 Å². The molecular weight excluding hydrogens is 244 g/mol. The van der Waals surface area contributed by atoms with Crippen molar-refractivity contribution >= 4 is 21.9 Å². The molecule has 0 aromatic heterocycles. The second kappa shape index (κ2) is 3.73. The summed E-state index contributed by atoms with van der Waals surface area (Å²) in [6, 6.07) is 7.83. The van der Waals surface area contributed by atoms with Crippen LogP contribution in [0.2, 0.25) is 0 Å². The van der Waals surface area contributed by atoms with Crippen molar-refractivity contribution in [1.82, 2.24) is 0 Å². The minimum atomic E-state index is -0.0974. The van der Waals surface area contributed by atoms with Crippen LogP contribution in [0.4, 0.5) is 0 Å². The van der Waals surface area contributed by atoms with Crippen LogP contribution in [0.15, 0.2) is 28.7 Å². The molecule has 1 aliphatic heterocycles. The smallest absolute Gasteiger partial charge is 0.313 e. The van der Waals surface area contributed by atoms with E-state index in [1.165, 1.54) is 0 Å². The van der Waals surface area contributed by atoms with Crippen molar-refractivity contribution in [1.29, 1.82) is 0 Å². The zero-order valence-electron chi connectivity index (χ0n) is 7.87. The first kappa shape index (κ1) is 9.71. The van der Waals surface area contributed by atoms with E-state index in [9.17, 15) is 4.79 Å². The summed E-state index contributed by atoms with van der Waals surface area (Å²) in [6.07, 6.45) is 0.844. The molecule has 1 aromatic carbocycles. The molecule has 0 N–H and O–H groups in total. The second-order valence-corrected chi connectivity index (χ2v) is 4.50. The maximum absolute atomic E-state index is 11.4. The number of benzene rings is 1. The van der Waals surface area contributed by atoms with E-state index in [1.54, 1.807) is 0 Å². The molecule has 0 spiro atoms. The van der Waals surface area contributed by atoms with Crippen LogP contribution in [0.3, 0.4) is 0 Å². The summed E-state index contributed by atoms with van der Waals surface area (Å²) in [5.74, 6) is -0.169. The van der Waals surface area contributed by atoms with Crippen LogP contribution in [0, 0.1) is 0 Å². The highest BCUT2D eigenvalue weighted by molar-refractivity contribution is 9.10. The number of esters is 1. The average molecular weight is 255 g/mol. The number of cyclic esters (lactones) is 1. The van der Waals surface area contributed by atoms with Crippen molar-refractivity contribution in [2.45, 2.75) is 25.4 Å². The average Bonchev–Trinajstić information content (AvgIpc) is 2.47. The van der Waals surface area contributed by atoms with Crippen LogP contribution in [-0.4, -0.2) is 12.1 Å².